The lowest BCUT2D eigenvalue weighted by Crippen LogP contribution is -1.99. The molecular weight excluding hydrogens is 214 g/mol. The number of carbonyl (C=O) groups excluding carboxylic acids is 1. The summed E-state index contributed by atoms with van der Waals surface area (Å²) in [4.78, 5) is 11.7. The van der Waals surface area contributed by atoms with Crippen LogP contribution in [0.1, 0.15) is 35.7 Å². The normalized spacial score (nSPS) is 11.1. The topological polar surface area (TPSA) is 31.2 Å². The van der Waals surface area contributed by atoms with Crippen molar-refractivity contribution in [3.05, 3.63) is 35.5 Å². The van der Waals surface area contributed by atoms with Gasteiger partial charge in [-0.25, -0.2) is 4.79 Å². The molecule has 1 heterocycles. The number of aromatic nitrogens is 1. The Morgan fingerprint density at radius 3 is 2.65 bits per heavy atom. The van der Waals surface area contributed by atoms with Crippen LogP contribution in [0.15, 0.2) is 24.4 Å². The second-order valence-corrected chi connectivity index (χ2v) is 4.54. The molecule has 0 unspecified atom stereocenters. The van der Waals surface area contributed by atoms with Crippen LogP contribution in [-0.2, 0) is 11.8 Å². The van der Waals surface area contributed by atoms with Gasteiger partial charge in [0.1, 0.15) is 0 Å². The van der Waals surface area contributed by atoms with Crippen molar-refractivity contribution in [3.8, 4) is 0 Å². The first-order valence-electron chi connectivity index (χ1n) is 5.72. The van der Waals surface area contributed by atoms with Gasteiger partial charge in [0, 0.05) is 18.6 Å². The van der Waals surface area contributed by atoms with Gasteiger partial charge in [0.15, 0.2) is 0 Å². The number of fused-ring (bicyclic) bond motifs is 1. The summed E-state index contributed by atoms with van der Waals surface area (Å²) in [5.74, 6) is 0.148. The summed E-state index contributed by atoms with van der Waals surface area (Å²) in [5, 5.41) is 0.963. The third kappa shape index (κ3) is 1.82. The summed E-state index contributed by atoms with van der Waals surface area (Å²) in [6, 6.07) is 6.06. The van der Waals surface area contributed by atoms with Crippen molar-refractivity contribution in [2.45, 2.75) is 19.8 Å². The minimum absolute atomic E-state index is 0.281. The molecule has 2 aromatic rings. The van der Waals surface area contributed by atoms with Crippen molar-refractivity contribution in [2.75, 3.05) is 7.11 Å². The van der Waals surface area contributed by atoms with E-state index in [1.165, 1.54) is 12.7 Å². The highest BCUT2D eigenvalue weighted by Gasteiger charge is 2.17. The number of para-hydroxylation sites is 1. The molecule has 0 fully saturated rings. The maximum absolute atomic E-state index is 11.7. The van der Waals surface area contributed by atoms with Gasteiger partial charge in [0.25, 0.3) is 0 Å². The van der Waals surface area contributed by atoms with Crippen LogP contribution in [0.3, 0.4) is 0 Å². The van der Waals surface area contributed by atoms with Crippen molar-refractivity contribution < 1.29 is 9.53 Å². The Hall–Kier alpha value is -1.77. The van der Waals surface area contributed by atoms with Crippen LogP contribution in [-0.4, -0.2) is 17.6 Å². The molecule has 0 aliphatic rings. The summed E-state index contributed by atoms with van der Waals surface area (Å²) >= 11 is 0. The molecule has 0 aliphatic carbocycles. The fourth-order valence-electron chi connectivity index (χ4n) is 2.24. The number of carbonyl (C=O) groups is 1. The number of nitrogens with zero attached hydrogens (tertiary/aromatic N) is 1. The van der Waals surface area contributed by atoms with E-state index in [0.29, 0.717) is 11.5 Å². The molecule has 0 N–H and O–H groups in total. The van der Waals surface area contributed by atoms with E-state index < -0.39 is 0 Å². The Morgan fingerprint density at radius 1 is 1.35 bits per heavy atom. The fraction of sp³-hybridized carbons (Fsp3) is 0.357. The van der Waals surface area contributed by atoms with Crippen molar-refractivity contribution in [3.63, 3.8) is 0 Å². The Bertz CT molecular complexity index is 567. The Labute approximate surface area is 101 Å². The first kappa shape index (κ1) is 11.7. The Morgan fingerprint density at radius 2 is 2.06 bits per heavy atom. The number of esters is 1. The van der Waals surface area contributed by atoms with Crippen LogP contribution in [0.2, 0.25) is 0 Å². The second kappa shape index (κ2) is 4.24. The highest BCUT2D eigenvalue weighted by atomic mass is 16.5. The van der Waals surface area contributed by atoms with Gasteiger partial charge in [-0.15, -0.1) is 0 Å². The summed E-state index contributed by atoms with van der Waals surface area (Å²) in [6.45, 7) is 4.30. The van der Waals surface area contributed by atoms with E-state index in [1.54, 1.807) is 0 Å². The van der Waals surface area contributed by atoms with Gasteiger partial charge in [-0.2, -0.15) is 0 Å². The predicted octanol–water partition coefficient (Wildman–Crippen LogP) is 3.09. The molecule has 0 aliphatic heterocycles. The molecule has 0 saturated heterocycles. The first-order chi connectivity index (χ1) is 8.06. The van der Waals surface area contributed by atoms with E-state index in [4.69, 9.17) is 4.74 Å². The quantitative estimate of drug-likeness (QED) is 0.744. The number of hydrogen-bond acceptors (Lipinski definition) is 2. The number of rotatable bonds is 2. The summed E-state index contributed by atoms with van der Waals surface area (Å²) in [5.41, 5.74) is 3.00. The maximum Gasteiger partial charge on any atom is 0.340 e. The van der Waals surface area contributed by atoms with Gasteiger partial charge in [-0.3, -0.25) is 0 Å². The lowest BCUT2D eigenvalue weighted by molar-refractivity contribution is 0.0603. The molecular formula is C14H17NO2. The summed E-state index contributed by atoms with van der Waals surface area (Å²) in [7, 11) is 3.37. The average Bonchev–Trinajstić information content (AvgIpc) is 2.66. The second-order valence-electron chi connectivity index (χ2n) is 4.54. The SMILES string of the molecule is COC(=O)c1cn(C)c2c(C(C)C)cccc12. The number of benzene rings is 1. The zero-order valence-electron chi connectivity index (χ0n) is 10.7. The maximum atomic E-state index is 11.7. The predicted molar refractivity (Wildman–Crippen MR) is 68.3 cm³/mol. The molecule has 0 radical (unpaired) electrons. The minimum Gasteiger partial charge on any atom is -0.465 e. The van der Waals surface area contributed by atoms with Gasteiger partial charge >= 0.3 is 5.97 Å². The van der Waals surface area contributed by atoms with Gasteiger partial charge in [-0.1, -0.05) is 32.0 Å². The van der Waals surface area contributed by atoms with Crippen LogP contribution in [0, 0.1) is 0 Å². The largest absolute Gasteiger partial charge is 0.465 e. The zero-order valence-corrected chi connectivity index (χ0v) is 10.7. The summed E-state index contributed by atoms with van der Waals surface area (Å²) < 4.78 is 6.80. The number of methoxy groups -OCH3 is 1. The molecule has 0 spiro atoms. The first-order valence-corrected chi connectivity index (χ1v) is 5.72. The molecule has 1 aromatic heterocycles. The number of ether oxygens (including phenoxy) is 1. The monoisotopic (exact) mass is 231 g/mol. The van der Waals surface area contributed by atoms with E-state index in [1.807, 2.05) is 29.9 Å². The van der Waals surface area contributed by atoms with Crippen molar-refractivity contribution in [1.82, 2.24) is 4.57 Å². The molecule has 90 valence electrons. The van der Waals surface area contributed by atoms with Crippen molar-refractivity contribution in [2.24, 2.45) is 7.05 Å². The van der Waals surface area contributed by atoms with E-state index in [0.717, 1.165) is 10.9 Å². The molecule has 17 heavy (non-hydrogen) atoms. The van der Waals surface area contributed by atoms with E-state index in [2.05, 4.69) is 19.9 Å². The minimum atomic E-state index is -0.281. The average molecular weight is 231 g/mol. The molecule has 0 saturated carbocycles. The molecule has 0 atom stereocenters. The van der Waals surface area contributed by atoms with E-state index >= 15 is 0 Å². The van der Waals surface area contributed by atoms with Gasteiger partial charge in [0.05, 0.1) is 18.2 Å². The Kier molecular flexibility index (Phi) is 2.92. The van der Waals surface area contributed by atoms with Gasteiger partial charge < -0.3 is 9.30 Å². The van der Waals surface area contributed by atoms with E-state index in [-0.39, 0.29) is 5.97 Å². The van der Waals surface area contributed by atoms with Crippen LogP contribution >= 0.6 is 0 Å². The van der Waals surface area contributed by atoms with Crippen LogP contribution in [0.4, 0.5) is 0 Å². The third-order valence-corrected chi connectivity index (χ3v) is 3.06. The van der Waals surface area contributed by atoms with Gasteiger partial charge in [-0.05, 0) is 11.5 Å². The number of aryl methyl sites for hydroxylation is 1. The van der Waals surface area contributed by atoms with Crippen molar-refractivity contribution in [1.29, 1.82) is 0 Å². The fourth-order valence-corrected chi connectivity index (χ4v) is 2.24. The molecule has 1 aromatic carbocycles. The van der Waals surface area contributed by atoms with E-state index in [9.17, 15) is 4.79 Å². The number of hydrogen-bond donors (Lipinski definition) is 0. The molecule has 0 bridgehead atoms. The Balaban J connectivity index is 2.77. The molecule has 3 heteroatoms. The van der Waals surface area contributed by atoms with Crippen LogP contribution < -0.4 is 0 Å². The smallest absolute Gasteiger partial charge is 0.340 e. The lowest BCUT2D eigenvalue weighted by atomic mass is 9.99. The van der Waals surface area contributed by atoms with Crippen molar-refractivity contribution >= 4 is 16.9 Å². The highest BCUT2D eigenvalue weighted by molar-refractivity contribution is 6.05. The lowest BCUT2D eigenvalue weighted by Gasteiger charge is -2.09. The third-order valence-electron chi connectivity index (χ3n) is 3.06. The highest BCUT2D eigenvalue weighted by Crippen LogP contribution is 2.28. The zero-order chi connectivity index (χ0) is 12.6. The molecule has 2 rings (SSSR count). The molecule has 0 amide bonds. The summed E-state index contributed by atoms with van der Waals surface area (Å²) in [6.07, 6.45) is 1.84. The van der Waals surface area contributed by atoms with Crippen LogP contribution in [0.25, 0.3) is 10.9 Å². The van der Waals surface area contributed by atoms with Crippen LogP contribution in [0.5, 0.6) is 0 Å². The van der Waals surface area contributed by atoms with Gasteiger partial charge in [0.2, 0.25) is 0 Å². The standard InChI is InChI=1S/C14H17NO2/c1-9(2)10-6-5-7-11-12(14(16)17-4)8-15(3)13(10)11/h5-9H,1-4H3. The molecule has 3 nitrogen and oxygen atoms in total.